The van der Waals surface area contributed by atoms with Gasteiger partial charge in [0.25, 0.3) is 0 Å². The maximum atomic E-state index is 13.8. The third-order valence-corrected chi connectivity index (χ3v) is 7.89. The van der Waals surface area contributed by atoms with Gasteiger partial charge in [-0.15, -0.1) is 0 Å². The number of ether oxygens (including phenoxy) is 1. The topological polar surface area (TPSA) is 49.9 Å². The van der Waals surface area contributed by atoms with Gasteiger partial charge in [-0.3, -0.25) is 9.59 Å². The van der Waals surface area contributed by atoms with Crippen molar-refractivity contribution in [1.29, 1.82) is 0 Å². The molecule has 3 unspecified atom stereocenters. The molecule has 0 radical (unpaired) electrons. The molecule has 0 aromatic heterocycles. The summed E-state index contributed by atoms with van der Waals surface area (Å²) < 4.78 is 6.19. The highest BCUT2D eigenvalue weighted by Crippen LogP contribution is 2.42. The van der Waals surface area contributed by atoms with Gasteiger partial charge in [0.05, 0.1) is 12.6 Å². The van der Waals surface area contributed by atoms with Gasteiger partial charge in [0, 0.05) is 23.9 Å². The van der Waals surface area contributed by atoms with E-state index in [-0.39, 0.29) is 24.0 Å². The van der Waals surface area contributed by atoms with E-state index < -0.39 is 10.8 Å². The van der Waals surface area contributed by atoms with Gasteiger partial charge in [-0.2, -0.15) is 0 Å². The zero-order valence-electron chi connectivity index (χ0n) is 23.3. The quantitative estimate of drug-likeness (QED) is 0.451. The molecule has 0 bridgehead atoms. The summed E-state index contributed by atoms with van der Waals surface area (Å²) in [7, 11) is 0. The summed E-state index contributed by atoms with van der Waals surface area (Å²) in [6, 6.07) is 20.3. The van der Waals surface area contributed by atoms with Crippen LogP contribution >= 0.6 is 0 Å². The first-order valence-electron chi connectivity index (χ1n) is 13.9. The van der Waals surface area contributed by atoms with E-state index in [1.807, 2.05) is 62.1 Å². The normalized spacial score (nSPS) is 23.0. The maximum Gasteiger partial charge on any atom is 0.228 e. The standard InChI is InChI=1S/C32H44N2O3/c1-31(2,3)29(35)34-20-18-24(21-28(34)25-13-8-6-9-14-25)22-32(4,5)30(36)33-19-12-17-27(23-33)37-26-15-10-7-11-16-26/h6-11,13-16,24,27-28H,12,17-23H2,1-5H3. The Labute approximate surface area is 223 Å². The van der Waals surface area contributed by atoms with Gasteiger partial charge in [0.1, 0.15) is 11.9 Å². The van der Waals surface area contributed by atoms with E-state index in [4.69, 9.17) is 4.74 Å². The van der Waals surface area contributed by atoms with Crippen LogP contribution in [0.4, 0.5) is 0 Å². The number of amides is 2. The molecule has 5 nitrogen and oxygen atoms in total. The molecule has 2 fully saturated rings. The number of rotatable bonds is 6. The average molecular weight is 505 g/mol. The number of nitrogens with zero attached hydrogens (tertiary/aromatic N) is 2. The monoisotopic (exact) mass is 504 g/mol. The van der Waals surface area contributed by atoms with Crippen molar-refractivity contribution in [3.05, 3.63) is 66.2 Å². The van der Waals surface area contributed by atoms with Gasteiger partial charge in [-0.25, -0.2) is 0 Å². The molecule has 0 N–H and O–H groups in total. The van der Waals surface area contributed by atoms with Crippen molar-refractivity contribution in [2.24, 2.45) is 16.7 Å². The molecule has 3 atom stereocenters. The largest absolute Gasteiger partial charge is 0.489 e. The molecule has 5 heteroatoms. The van der Waals surface area contributed by atoms with Crippen LogP contribution in [-0.2, 0) is 9.59 Å². The molecule has 0 saturated carbocycles. The smallest absolute Gasteiger partial charge is 0.228 e. The van der Waals surface area contributed by atoms with Crippen LogP contribution in [0.5, 0.6) is 5.75 Å². The zero-order chi connectivity index (χ0) is 26.6. The van der Waals surface area contributed by atoms with Crippen LogP contribution in [0.1, 0.15) is 78.3 Å². The maximum absolute atomic E-state index is 13.8. The summed E-state index contributed by atoms with van der Waals surface area (Å²) in [6.07, 6.45) is 4.61. The van der Waals surface area contributed by atoms with Gasteiger partial charge in [-0.05, 0) is 55.7 Å². The number of hydrogen-bond acceptors (Lipinski definition) is 3. The minimum Gasteiger partial charge on any atom is -0.489 e. The zero-order valence-corrected chi connectivity index (χ0v) is 23.3. The molecule has 2 amide bonds. The van der Waals surface area contributed by atoms with Gasteiger partial charge in [-0.1, -0.05) is 83.1 Å². The number of hydrogen-bond donors (Lipinski definition) is 0. The van der Waals surface area contributed by atoms with Crippen molar-refractivity contribution in [1.82, 2.24) is 9.80 Å². The first-order valence-corrected chi connectivity index (χ1v) is 13.9. The lowest BCUT2D eigenvalue weighted by atomic mass is 9.75. The Kier molecular flexibility index (Phi) is 8.30. The van der Waals surface area contributed by atoms with E-state index in [9.17, 15) is 9.59 Å². The number of carbonyl (C=O) groups is 2. The van der Waals surface area contributed by atoms with Crippen molar-refractivity contribution in [3.8, 4) is 5.75 Å². The highest BCUT2D eigenvalue weighted by Gasteiger charge is 2.41. The summed E-state index contributed by atoms with van der Waals surface area (Å²) >= 11 is 0. The number of para-hydroxylation sites is 1. The van der Waals surface area contributed by atoms with Gasteiger partial charge >= 0.3 is 0 Å². The van der Waals surface area contributed by atoms with Crippen LogP contribution in [-0.4, -0.2) is 47.4 Å². The predicted octanol–water partition coefficient (Wildman–Crippen LogP) is 6.50. The molecule has 2 heterocycles. The summed E-state index contributed by atoms with van der Waals surface area (Å²) in [5, 5.41) is 0. The number of benzene rings is 2. The molecule has 2 aliphatic rings. The van der Waals surface area contributed by atoms with Gasteiger partial charge in [0.15, 0.2) is 0 Å². The van der Waals surface area contributed by atoms with Crippen molar-refractivity contribution in [2.45, 2.75) is 78.9 Å². The Morgan fingerprint density at radius 3 is 2.16 bits per heavy atom. The Hall–Kier alpha value is -2.82. The van der Waals surface area contributed by atoms with Crippen LogP contribution in [0.3, 0.4) is 0 Å². The van der Waals surface area contributed by atoms with E-state index >= 15 is 0 Å². The third kappa shape index (κ3) is 6.74. The summed E-state index contributed by atoms with van der Waals surface area (Å²) in [4.78, 5) is 31.2. The first kappa shape index (κ1) is 27.2. The van der Waals surface area contributed by atoms with Crippen molar-refractivity contribution >= 4 is 11.8 Å². The predicted molar refractivity (Wildman–Crippen MR) is 148 cm³/mol. The number of piperidine rings is 2. The molecule has 2 aromatic carbocycles. The van der Waals surface area contributed by atoms with Crippen LogP contribution in [0, 0.1) is 16.7 Å². The molecule has 0 spiro atoms. The highest BCUT2D eigenvalue weighted by molar-refractivity contribution is 5.83. The van der Waals surface area contributed by atoms with E-state index in [1.54, 1.807) is 0 Å². The lowest BCUT2D eigenvalue weighted by molar-refractivity contribution is -0.147. The molecule has 4 rings (SSSR count). The van der Waals surface area contributed by atoms with Crippen molar-refractivity contribution < 1.29 is 14.3 Å². The molecule has 0 aliphatic carbocycles. The number of carbonyl (C=O) groups excluding carboxylic acids is 2. The lowest BCUT2D eigenvalue weighted by Gasteiger charge is -2.44. The Morgan fingerprint density at radius 1 is 0.865 bits per heavy atom. The highest BCUT2D eigenvalue weighted by atomic mass is 16.5. The molecule has 2 aliphatic heterocycles. The Morgan fingerprint density at radius 2 is 1.51 bits per heavy atom. The van der Waals surface area contributed by atoms with Gasteiger partial charge < -0.3 is 14.5 Å². The van der Waals surface area contributed by atoms with Crippen molar-refractivity contribution in [2.75, 3.05) is 19.6 Å². The Bertz CT molecular complexity index is 1040. The molecular weight excluding hydrogens is 460 g/mol. The molecule has 37 heavy (non-hydrogen) atoms. The minimum absolute atomic E-state index is 0.0324. The Balaban J connectivity index is 1.42. The first-order chi connectivity index (χ1) is 17.5. The van der Waals surface area contributed by atoms with E-state index in [0.29, 0.717) is 12.5 Å². The van der Waals surface area contributed by atoms with E-state index in [2.05, 4.69) is 43.0 Å². The second kappa shape index (κ2) is 11.3. The fourth-order valence-corrected chi connectivity index (χ4v) is 6.04. The number of likely N-dealkylation sites (tertiary alicyclic amines) is 2. The van der Waals surface area contributed by atoms with Crippen LogP contribution in [0.25, 0.3) is 0 Å². The molecule has 2 aromatic rings. The summed E-state index contributed by atoms with van der Waals surface area (Å²) in [6.45, 7) is 12.4. The molecular formula is C32H44N2O3. The van der Waals surface area contributed by atoms with Crippen LogP contribution in [0.15, 0.2) is 60.7 Å². The fraction of sp³-hybridized carbons (Fsp3) is 0.562. The lowest BCUT2D eigenvalue weighted by Crippen LogP contribution is -2.50. The second-order valence-electron chi connectivity index (χ2n) is 12.6. The summed E-state index contributed by atoms with van der Waals surface area (Å²) in [5.41, 5.74) is 0.309. The van der Waals surface area contributed by atoms with Crippen LogP contribution in [0.2, 0.25) is 0 Å². The summed E-state index contributed by atoms with van der Waals surface area (Å²) in [5.74, 6) is 1.67. The second-order valence-corrected chi connectivity index (χ2v) is 12.6. The van der Waals surface area contributed by atoms with Crippen LogP contribution < -0.4 is 4.74 Å². The third-order valence-electron chi connectivity index (χ3n) is 7.89. The molecule has 2 saturated heterocycles. The van der Waals surface area contributed by atoms with Crippen molar-refractivity contribution in [3.63, 3.8) is 0 Å². The SMILES string of the molecule is CC(C)(C)C(=O)N1CCC(CC(C)(C)C(=O)N2CCCC(Oc3ccccc3)C2)CC1c1ccccc1. The average Bonchev–Trinajstić information content (AvgIpc) is 2.88. The molecule has 200 valence electrons. The van der Waals surface area contributed by atoms with E-state index in [1.165, 1.54) is 5.56 Å². The van der Waals surface area contributed by atoms with Gasteiger partial charge in [0.2, 0.25) is 11.8 Å². The van der Waals surface area contributed by atoms with E-state index in [0.717, 1.165) is 50.9 Å². The fourth-order valence-electron chi connectivity index (χ4n) is 6.04. The minimum atomic E-state index is -0.462.